The molecule has 0 saturated carbocycles. The Morgan fingerprint density at radius 3 is 2.72 bits per heavy atom. The van der Waals surface area contributed by atoms with Crippen molar-refractivity contribution < 1.29 is 4.79 Å². The summed E-state index contributed by atoms with van der Waals surface area (Å²) in [7, 11) is 0. The summed E-state index contributed by atoms with van der Waals surface area (Å²) in [6, 6.07) is 8.33. The zero-order chi connectivity index (χ0) is 13.0. The van der Waals surface area contributed by atoms with Crippen LogP contribution in [0.2, 0.25) is 0 Å². The predicted molar refractivity (Wildman–Crippen MR) is 71.4 cm³/mol. The molecule has 2 aromatic rings. The second-order valence-corrected chi connectivity index (χ2v) is 4.31. The van der Waals surface area contributed by atoms with E-state index in [2.05, 4.69) is 41.6 Å². The molecule has 94 valence electrons. The van der Waals surface area contributed by atoms with Crippen LogP contribution in [-0.4, -0.2) is 15.7 Å². The number of hydrogen-bond donors (Lipinski definition) is 1. The quantitative estimate of drug-likeness (QED) is 0.897. The van der Waals surface area contributed by atoms with E-state index in [0.29, 0.717) is 13.0 Å². The van der Waals surface area contributed by atoms with Crippen molar-refractivity contribution in [3.63, 3.8) is 0 Å². The number of aromatic nitrogens is 2. The molecule has 4 heteroatoms. The molecule has 1 aromatic heterocycles. The van der Waals surface area contributed by atoms with E-state index in [1.54, 1.807) is 6.20 Å². The summed E-state index contributed by atoms with van der Waals surface area (Å²) in [5, 5.41) is 7.01. The molecule has 4 nitrogen and oxygen atoms in total. The van der Waals surface area contributed by atoms with Crippen molar-refractivity contribution in [3.05, 3.63) is 47.8 Å². The minimum atomic E-state index is 0.00452. The maximum atomic E-state index is 11.2. The molecule has 0 spiro atoms. The molecule has 1 heterocycles. The Labute approximate surface area is 107 Å². The fraction of sp³-hybridized carbons (Fsp3) is 0.286. The Balaban J connectivity index is 2.02. The summed E-state index contributed by atoms with van der Waals surface area (Å²) in [4.78, 5) is 11.2. The lowest BCUT2D eigenvalue weighted by atomic mass is 10.1. The van der Waals surface area contributed by atoms with Gasteiger partial charge in [-0.25, -0.2) is 0 Å². The minimum absolute atomic E-state index is 0.00452. The van der Waals surface area contributed by atoms with Gasteiger partial charge in [0.25, 0.3) is 0 Å². The van der Waals surface area contributed by atoms with Crippen molar-refractivity contribution in [1.82, 2.24) is 9.78 Å². The van der Waals surface area contributed by atoms with Gasteiger partial charge in [0.05, 0.1) is 18.4 Å². The van der Waals surface area contributed by atoms with Gasteiger partial charge in [-0.05, 0) is 12.5 Å². The first-order valence-corrected chi connectivity index (χ1v) is 6.05. The number of anilines is 1. The summed E-state index contributed by atoms with van der Waals surface area (Å²) < 4.78 is 1.82. The largest absolute Gasteiger partial charge is 0.323 e. The third-order valence-electron chi connectivity index (χ3n) is 2.70. The van der Waals surface area contributed by atoms with E-state index in [4.69, 9.17) is 0 Å². The molecular formula is C14H17N3O. The number of carbonyl (C=O) groups is 1. The summed E-state index contributed by atoms with van der Waals surface area (Å²) in [5.74, 6) is 0.00452. The van der Waals surface area contributed by atoms with Crippen LogP contribution in [0, 0.1) is 6.92 Å². The number of amides is 1. The third kappa shape index (κ3) is 3.20. The van der Waals surface area contributed by atoms with Crippen molar-refractivity contribution in [3.8, 4) is 0 Å². The van der Waals surface area contributed by atoms with Crippen molar-refractivity contribution in [2.45, 2.75) is 26.8 Å². The van der Waals surface area contributed by atoms with E-state index in [1.165, 1.54) is 11.1 Å². The Morgan fingerprint density at radius 1 is 1.33 bits per heavy atom. The van der Waals surface area contributed by atoms with Gasteiger partial charge in [-0.2, -0.15) is 5.10 Å². The Morgan fingerprint density at radius 2 is 2.06 bits per heavy atom. The fourth-order valence-electron chi connectivity index (χ4n) is 1.64. The van der Waals surface area contributed by atoms with Crippen LogP contribution in [0.25, 0.3) is 0 Å². The number of benzene rings is 1. The van der Waals surface area contributed by atoms with Gasteiger partial charge < -0.3 is 5.32 Å². The number of nitrogens with zero attached hydrogens (tertiary/aromatic N) is 2. The lowest BCUT2D eigenvalue weighted by molar-refractivity contribution is -0.115. The summed E-state index contributed by atoms with van der Waals surface area (Å²) in [5.41, 5.74) is 3.18. The van der Waals surface area contributed by atoms with Gasteiger partial charge in [0.1, 0.15) is 0 Å². The normalized spacial score (nSPS) is 10.3. The van der Waals surface area contributed by atoms with E-state index in [0.717, 1.165) is 5.69 Å². The number of carbonyl (C=O) groups excluding carboxylic acids is 1. The standard InChI is InChI=1S/C14H17N3O/c1-3-14(18)16-13-8-15-17(10-13)9-12-6-4-11(2)5-7-12/h4-8,10H,3,9H2,1-2H3,(H,16,18). The fourth-order valence-corrected chi connectivity index (χ4v) is 1.64. The highest BCUT2D eigenvalue weighted by Gasteiger charge is 2.02. The Bertz CT molecular complexity index is 528. The number of hydrogen-bond acceptors (Lipinski definition) is 2. The average molecular weight is 243 g/mol. The van der Waals surface area contributed by atoms with Gasteiger partial charge in [0.15, 0.2) is 0 Å². The van der Waals surface area contributed by atoms with E-state index in [9.17, 15) is 4.79 Å². The van der Waals surface area contributed by atoms with Crippen LogP contribution in [0.3, 0.4) is 0 Å². The summed E-state index contributed by atoms with van der Waals surface area (Å²) in [6.07, 6.45) is 3.98. The van der Waals surface area contributed by atoms with Gasteiger partial charge in [-0.3, -0.25) is 9.48 Å². The molecular weight excluding hydrogens is 226 g/mol. The van der Waals surface area contributed by atoms with Gasteiger partial charge in [-0.1, -0.05) is 36.8 Å². The van der Waals surface area contributed by atoms with Crippen LogP contribution in [0.15, 0.2) is 36.7 Å². The predicted octanol–water partition coefficient (Wildman–Crippen LogP) is 2.59. The lowest BCUT2D eigenvalue weighted by Gasteiger charge is -2.02. The maximum absolute atomic E-state index is 11.2. The molecule has 1 N–H and O–H groups in total. The van der Waals surface area contributed by atoms with E-state index >= 15 is 0 Å². The SMILES string of the molecule is CCC(=O)Nc1cnn(Cc2ccc(C)cc2)c1. The zero-order valence-corrected chi connectivity index (χ0v) is 10.7. The van der Waals surface area contributed by atoms with E-state index in [1.807, 2.05) is 17.8 Å². The first kappa shape index (κ1) is 12.4. The smallest absolute Gasteiger partial charge is 0.224 e. The summed E-state index contributed by atoms with van der Waals surface area (Å²) >= 11 is 0. The molecule has 0 unspecified atom stereocenters. The van der Waals surface area contributed by atoms with Crippen LogP contribution in [0.5, 0.6) is 0 Å². The maximum Gasteiger partial charge on any atom is 0.224 e. The first-order valence-electron chi connectivity index (χ1n) is 6.05. The molecule has 0 atom stereocenters. The van der Waals surface area contributed by atoms with Gasteiger partial charge in [0, 0.05) is 12.6 Å². The van der Waals surface area contributed by atoms with Gasteiger partial charge in [-0.15, -0.1) is 0 Å². The van der Waals surface area contributed by atoms with Crippen molar-refractivity contribution in [2.75, 3.05) is 5.32 Å². The van der Waals surface area contributed by atoms with Crippen LogP contribution in [0.1, 0.15) is 24.5 Å². The second kappa shape index (κ2) is 5.49. The third-order valence-corrected chi connectivity index (χ3v) is 2.70. The molecule has 0 aliphatic heterocycles. The van der Waals surface area contributed by atoms with Gasteiger partial charge >= 0.3 is 0 Å². The molecule has 0 saturated heterocycles. The average Bonchev–Trinajstić information content (AvgIpc) is 2.79. The van der Waals surface area contributed by atoms with Crippen LogP contribution in [0.4, 0.5) is 5.69 Å². The second-order valence-electron chi connectivity index (χ2n) is 4.31. The monoisotopic (exact) mass is 243 g/mol. The molecule has 1 aromatic carbocycles. The number of nitrogens with one attached hydrogen (secondary N) is 1. The highest BCUT2D eigenvalue weighted by atomic mass is 16.1. The number of rotatable bonds is 4. The topological polar surface area (TPSA) is 46.9 Å². The molecule has 18 heavy (non-hydrogen) atoms. The highest BCUT2D eigenvalue weighted by Crippen LogP contribution is 2.09. The molecule has 2 rings (SSSR count). The van der Waals surface area contributed by atoms with Crippen molar-refractivity contribution in [2.24, 2.45) is 0 Å². The molecule has 0 bridgehead atoms. The number of aryl methyl sites for hydroxylation is 1. The lowest BCUT2D eigenvalue weighted by Crippen LogP contribution is -2.08. The van der Waals surface area contributed by atoms with Crippen LogP contribution >= 0.6 is 0 Å². The Kier molecular flexibility index (Phi) is 3.77. The van der Waals surface area contributed by atoms with E-state index < -0.39 is 0 Å². The molecule has 1 amide bonds. The van der Waals surface area contributed by atoms with E-state index in [-0.39, 0.29) is 5.91 Å². The van der Waals surface area contributed by atoms with Gasteiger partial charge in [0.2, 0.25) is 5.91 Å². The molecule has 0 aliphatic rings. The zero-order valence-electron chi connectivity index (χ0n) is 10.7. The summed E-state index contributed by atoms with van der Waals surface area (Å²) in [6.45, 7) is 4.60. The Hall–Kier alpha value is -2.10. The first-order chi connectivity index (χ1) is 8.67. The van der Waals surface area contributed by atoms with Crippen LogP contribution < -0.4 is 5.32 Å². The molecule has 0 radical (unpaired) electrons. The minimum Gasteiger partial charge on any atom is -0.323 e. The highest BCUT2D eigenvalue weighted by molar-refractivity contribution is 5.90. The molecule has 0 aliphatic carbocycles. The van der Waals surface area contributed by atoms with Crippen molar-refractivity contribution in [1.29, 1.82) is 0 Å². The van der Waals surface area contributed by atoms with Crippen molar-refractivity contribution >= 4 is 11.6 Å². The van der Waals surface area contributed by atoms with Crippen LogP contribution in [-0.2, 0) is 11.3 Å². The molecule has 0 fully saturated rings.